The van der Waals surface area contributed by atoms with E-state index >= 15 is 0 Å². The van der Waals surface area contributed by atoms with Gasteiger partial charge in [-0.1, -0.05) is 48.0 Å². The molecule has 0 spiro atoms. The van der Waals surface area contributed by atoms with Gasteiger partial charge in [0.15, 0.2) is 5.78 Å². The van der Waals surface area contributed by atoms with Gasteiger partial charge in [-0.15, -0.1) is 0 Å². The van der Waals surface area contributed by atoms with Crippen LogP contribution in [0, 0.1) is 71.0 Å². The van der Waals surface area contributed by atoms with Crippen LogP contribution in [0.15, 0.2) is 108 Å². The number of carbonyl (C=O) groups excluding carboxylic acids is 1. The molecule has 0 saturated heterocycles. The molecule has 0 saturated carbocycles. The number of allylic oxidation sites excluding steroid dienone is 1. The molecule has 0 bridgehead atoms. The Kier molecular flexibility index (Phi) is 13.3. The molecule has 1 N–H and O–H groups in total. The second-order valence-corrected chi connectivity index (χ2v) is 14.5. The van der Waals surface area contributed by atoms with Gasteiger partial charge in [-0.2, -0.15) is 10.2 Å². The number of carboxylic acid groups (broad SMARTS) is 1. The minimum Gasteiger partial charge on any atom is -0.478 e. The number of unbranched alkanes of at least 4 members (excludes halogenated alkanes) is 1. The van der Waals surface area contributed by atoms with Crippen molar-refractivity contribution < 1.29 is 19.1 Å². The van der Waals surface area contributed by atoms with E-state index in [0.29, 0.717) is 28.7 Å². The Morgan fingerprint density at radius 2 is 1.22 bits per heavy atom. The number of carbonyl (C=O) groups is 2. The van der Waals surface area contributed by atoms with Gasteiger partial charge < -0.3 is 5.11 Å². The number of aliphatic imine (C=N–C) groups is 1. The minimum atomic E-state index is -0.973. The van der Waals surface area contributed by atoms with Crippen LogP contribution in [0.3, 0.4) is 0 Å². The van der Waals surface area contributed by atoms with Crippen molar-refractivity contribution in [1.29, 1.82) is 0 Å². The summed E-state index contributed by atoms with van der Waals surface area (Å²) in [4.78, 5) is 28.5. The molecule has 1 aliphatic rings. The van der Waals surface area contributed by atoms with Crippen LogP contribution in [0.1, 0.15) is 103 Å². The van der Waals surface area contributed by atoms with E-state index in [1.165, 1.54) is 17.7 Å². The molecule has 7 rings (SSSR count). The van der Waals surface area contributed by atoms with Crippen molar-refractivity contribution in [3.63, 3.8) is 0 Å². The average molecular weight is 784 g/mol. The Hall–Kier alpha value is -7.10. The third-order valence-electron chi connectivity index (χ3n) is 10.5. The lowest BCUT2D eigenvalue weighted by Crippen LogP contribution is -2.05. The highest BCUT2D eigenvalue weighted by Gasteiger charge is 2.16. The van der Waals surface area contributed by atoms with Crippen LogP contribution in [0.25, 0.3) is 11.4 Å². The molecular weight excluding hydrogens is 738 g/mol. The van der Waals surface area contributed by atoms with Crippen LogP contribution in [0.5, 0.6) is 0 Å². The maximum absolute atomic E-state index is 13.3. The van der Waals surface area contributed by atoms with Crippen LogP contribution in [0.2, 0.25) is 0 Å². The highest BCUT2D eigenvalue weighted by molar-refractivity contribution is 5.96. The smallest absolute Gasteiger partial charge is 0.335 e. The predicted octanol–water partition coefficient (Wildman–Crippen LogP) is 9.99. The van der Waals surface area contributed by atoms with Gasteiger partial charge in [-0.25, -0.2) is 18.5 Å². The third kappa shape index (κ3) is 10.3. The summed E-state index contributed by atoms with van der Waals surface area (Å²) in [6.07, 6.45) is 7.30. The van der Waals surface area contributed by atoms with Crippen molar-refractivity contribution in [3.05, 3.63) is 176 Å². The first kappa shape index (κ1) is 41.5. The fraction of sp³-hybridized carbons (Fsp3) is 0.220. The number of carboxylic acids is 1. The molecule has 3 heterocycles. The van der Waals surface area contributed by atoms with Crippen LogP contribution in [-0.2, 0) is 0 Å². The zero-order chi connectivity index (χ0) is 42.1. The molecule has 6 aromatic rings. The monoisotopic (exact) mass is 783 g/mol. The maximum Gasteiger partial charge on any atom is 0.335 e. The summed E-state index contributed by atoms with van der Waals surface area (Å²) in [7, 11) is 0. The van der Waals surface area contributed by atoms with E-state index in [1.807, 2.05) is 106 Å². The van der Waals surface area contributed by atoms with Gasteiger partial charge in [0.2, 0.25) is 0 Å². The highest BCUT2D eigenvalue weighted by atomic mass is 19.1. The van der Waals surface area contributed by atoms with Crippen molar-refractivity contribution in [3.8, 4) is 35.1 Å². The summed E-state index contributed by atoms with van der Waals surface area (Å²) in [5, 5.41) is 18.5. The van der Waals surface area contributed by atoms with Gasteiger partial charge in [0.25, 0.3) is 0 Å². The Morgan fingerprint density at radius 3 is 1.73 bits per heavy atom. The summed E-state index contributed by atoms with van der Waals surface area (Å²) in [5.41, 5.74) is 12.8. The molecule has 296 valence electrons. The number of rotatable bonds is 9. The van der Waals surface area contributed by atoms with Crippen molar-refractivity contribution >= 4 is 18.0 Å². The SMILES string of the molecule is Cc1nn(-c2ccc(C(=O)CCCCC3=CCN=C3)cc2C#Cc2ccc(F)cc2)c(C)c1C.Cc1nn(-c2ccc(C(=O)O)cc2C#Cc2ccccc2)c(C)c1C. The number of nitrogens with zero attached hydrogens (tertiary/aromatic N) is 5. The van der Waals surface area contributed by atoms with Crippen LogP contribution < -0.4 is 0 Å². The summed E-state index contributed by atoms with van der Waals surface area (Å²) < 4.78 is 17.0. The number of aryl methyl sites for hydroxylation is 2. The average Bonchev–Trinajstić information content (AvgIpc) is 3.93. The van der Waals surface area contributed by atoms with Crippen LogP contribution >= 0.6 is 0 Å². The van der Waals surface area contributed by atoms with E-state index in [9.17, 15) is 19.1 Å². The molecule has 0 atom stereocenters. The molecule has 0 amide bonds. The van der Waals surface area contributed by atoms with Crippen molar-refractivity contribution in [2.75, 3.05) is 6.54 Å². The topological polar surface area (TPSA) is 102 Å². The summed E-state index contributed by atoms with van der Waals surface area (Å²) in [5.74, 6) is 11.3. The molecule has 59 heavy (non-hydrogen) atoms. The molecule has 0 unspecified atom stereocenters. The Morgan fingerprint density at radius 1 is 0.678 bits per heavy atom. The maximum atomic E-state index is 13.3. The number of benzene rings is 4. The standard InChI is InChI=1S/C29H28FN3O.C21H18N2O2/c1-20-21(2)32-33(22(20)3)28-15-12-26(29(34)7-5-4-6-24-16-17-31-19-24)18-25(28)11-8-23-9-13-27(30)14-10-23;1-14-15(2)22-23(16(14)3)20-12-11-19(21(24)25)13-18(20)10-9-17-7-5-4-6-8-17/h9-10,12-16,18-19H,4-7,17H2,1-3H3;4-8,11-13H,1-3H3,(H,24,25). The van der Waals surface area contributed by atoms with Crippen molar-refractivity contribution in [1.82, 2.24) is 19.6 Å². The molecule has 4 aromatic carbocycles. The fourth-order valence-electron chi connectivity index (χ4n) is 6.51. The lowest BCUT2D eigenvalue weighted by molar-refractivity contribution is 0.0696. The number of aromatic nitrogens is 4. The zero-order valence-electron chi connectivity index (χ0n) is 34.2. The minimum absolute atomic E-state index is 0.106. The molecule has 0 fully saturated rings. The number of hydrogen-bond donors (Lipinski definition) is 1. The van der Waals surface area contributed by atoms with Crippen LogP contribution in [-0.4, -0.2) is 49.2 Å². The highest BCUT2D eigenvalue weighted by Crippen LogP contribution is 2.24. The number of ketones is 1. The molecule has 2 aromatic heterocycles. The summed E-state index contributed by atoms with van der Waals surface area (Å²) >= 11 is 0. The van der Waals surface area contributed by atoms with Gasteiger partial charge in [0.1, 0.15) is 5.82 Å². The molecule has 0 aliphatic carbocycles. The van der Waals surface area contributed by atoms with Crippen molar-refractivity contribution in [2.45, 2.75) is 67.2 Å². The zero-order valence-corrected chi connectivity index (χ0v) is 34.2. The lowest BCUT2D eigenvalue weighted by Gasteiger charge is -2.10. The number of hydrogen-bond acceptors (Lipinski definition) is 5. The Labute approximate surface area is 345 Å². The van der Waals surface area contributed by atoms with Gasteiger partial charge in [0.05, 0.1) is 46.0 Å². The van der Waals surface area contributed by atoms with Gasteiger partial charge >= 0.3 is 5.97 Å². The predicted molar refractivity (Wildman–Crippen MR) is 232 cm³/mol. The largest absolute Gasteiger partial charge is 0.478 e. The summed E-state index contributed by atoms with van der Waals surface area (Å²) in [6, 6.07) is 26.3. The van der Waals surface area contributed by atoms with Gasteiger partial charge in [-0.3, -0.25) is 9.79 Å². The first-order valence-corrected chi connectivity index (χ1v) is 19.5. The molecule has 8 nitrogen and oxygen atoms in total. The van der Waals surface area contributed by atoms with E-state index in [4.69, 9.17) is 0 Å². The Bertz CT molecular complexity index is 2710. The molecule has 1 aliphatic heterocycles. The van der Waals surface area contributed by atoms with E-state index in [1.54, 1.807) is 30.3 Å². The van der Waals surface area contributed by atoms with E-state index in [0.717, 1.165) is 76.6 Å². The van der Waals surface area contributed by atoms with Gasteiger partial charge in [-0.05, 0) is 150 Å². The van der Waals surface area contributed by atoms with E-state index in [-0.39, 0.29) is 17.2 Å². The molecule has 9 heteroatoms. The molecule has 0 radical (unpaired) electrons. The van der Waals surface area contributed by atoms with Gasteiger partial charge in [0, 0.05) is 40.7 Å². The van der Waals surface area contributed by atoms with E-state index < -0.39 is 5.97 Å². The van der Waals surface area contributed by atoms with Crippen molar-refractivity contribution in [2.24, 2.45) is 4.99 Å². The second kappa shape index (κ2) is 18.9. The number of Topliss-reactive ketones (excluding diaryl/α,β-unsaturated/α-hetero) is 1. The quantitative estimate of drug-likeness (QED) is 0.0894. The fourth-order valence-corrected chi connectivity index (χ4v) is 6.51. The number of aromatic carboxylic acids is 1. The normalized spacial score (nSPS) is 11.5. The number of halogens is 1. The molecular formula is C50H46FN5O3. The Balaban J connectivity index is 0.000000208. The van der Waals surface area contributed by atoms with Crippen LogP contribution in [0.4, 0.5) is 4.39 Å². The van der Waals surface area contributed by atoms with E-state index in [2.05, 4.69) is 44.9 Å². The summed E-state index contributed by atoms with van der Waals surface area (Å²) in [6.45, 7) is 12.8. The lowest BCUT2D eigenvalue weighted by atomic mass is 10.00. The second-order valence-electron chi connectivity index (χ2n) is 14.5. The third-order valence-corrected chi connectivity index (χ3v) is 10.5. The first-order chi connectivity index (χ1) is 28.4. The first-order valence-electron chi connectivity index (χ1n) is 19.5.